The zero-order valence-corrected chi connectivity index (χ0v) is 14.9. The molecule has 2 amide bonds. The largest absolute Gasteiger partial charge is 0.354 e. The van der Waals surface area contributed by atoms with Crippen LogP contribution >= 0.6 is 11.6 Å². The van der Waals surface area contributed by atoms with Crippen molar-refractivity contribution in [3.63, 3.8) is 0 Å². The molecule has 1 atom stereocenters. The molecule has 2 aromatic rings. The van der Waals surface area contributed by atoms with Crippen molar-refractivity contribution in [2.24, 2.45) is 4.99 Å². The molecule has 1 unspecified atom stereocenters. The van der Waals surface area contributed by atoms with Gasteiger partial charge in [0.25, 0.3) is 11.8 Å². The first-order valence-corrected chi connectivity index (χ1v) is 8.96. The lowest BCUT2D eigenvalue weighted by Gasteiger charge is -2.25. The zero-order chi connectivity index (χ0) is 18.1. The standard InChI is InChI=1S/C20H18ClN3O2/c21-15-7-5-14(6-8-15)12-23-13-22-11-16(23)9-10-24-19(25)17-3-1-2-4-18(17)20(24)26/h1-8,13,16H,9-12H2. The van der Waals surface area contributed by atoms with Crippen LogP contribution in [0.5, 0.6) is 0 Å². The van der Waals surface area contributed by atoms with Crippen LogP contribution in [0.1, 0.15) is 32.7 Å². The van der Waals surface area contributed by atoms with Gasteiger partial charge >= 0.3 is 0 Å². The van der Waals surface area contributed by atoms with E-state index in [0.29, 0.717) is 35.7 Å². The normalized spacial score (nSPS) is 18.7. The van der Waals surface area contributed by atoms with E-state index in [2.05, 4.69) is 9.89 Å². The molecule has 2 aliphatic rings. The molecule has 0 bridgehead atoms. The number of benzene rings is 2. The van der Waals surface area contributed by atoms with Gasteiger partial charge in [-0.1, -0.05) is 35.9 Å². The Hall–Kier alpha value is -2.66. The number of fused-ring (bicyclic) bond motifs is 1. The van der Waals surface area contributed by atoms with Crippen molar-refractivity contribution in [3.05, 3.63) is 70.2 Å². The molecular formula is C20H18ClN3O2. The van der Waals surface area contributed by atoms with E-state index in [4.69, 9.17) is 11.6 Å². The number of halogens is 1. The van der Waals surface area contributed by atoms with Crippen LogP contribution in [0.25, 0.3) is 0 Å². The van der Waals surface area contributed by atoms with Crippen molar-refractivity contribution in [1.29, 1.82) is 0 Å². The summed E-state index contributed by atoms with van der Waals surface area (Å²) in [4.78, 5) is 32.8. The average Bonchev–Trinajstić information content (AvgIpc) is 3.19. The second-order valence-corrected chi connectivity index (χ2v) is 6.97. The molecule has 0 saturated carbocycles. The Bertz CT molecular complexity index is 844. The zero-order valence-electron chi connectivity index (χ0n) is 14.1. The van der Waals surface area contributed by atoms with Gasteiger partial charge in [0.1, 0.15) is 0 Å². The van der Waals surface area contributed by atoms with Gasteiger partial charge in [0.15, 0.2) is 0 Å². The van der Waals surface area contributed by atoms with Gasteiger partial charge in [-0.05, 0) is 36.2 Å². The maximum atomic E-state index is 12.5. The molecule has 26 heavy (non-hydrogen) atoms. The number of hydrogen-bond acceptors (Lipinski definition) is 4. The summed E-state index contributed by atoms with van der Waals surface area (Å²) >= 11 is 5.94. The first-order valence-electron chi connectivity index (χ1n) is 8.59. The number of rotatable bonds is 5. The van der Waals surface area contributed by atoms with E-state index in [9.17, 15) is 9.59 Å². The molecule has 132 valence electrons. The second kappa shape index (κ2) is 6.92. The van der Waals surface area contributed by atoms with Crippen LogP contribution in [0.4, 0.5) is 0 Å². The fourth-order valence-electron chi connectivity index (χ4n) is 3.42. The maximum Gasteiger partial charge on any atom is 0.261 e. The third kappa shape index (κ3) is 3.10. The number of amides is 2. The van der Waals surface area contributed by atoms with Crippen LogP contribution in [-0.4, -0.2) is 47.1 Å². The molecule has 2 heterocycles. The highest BCUT2D eigenvalue weighted by Crippen LogP contribution is 2.24. The molecule has 0 aromatic heterocycles. The summed E-state index contributed by atoms with van der Waals surface area (Å²) in [5.74, 6) is -0.400. The van der Waals surface area contributed by atoms with Crippen molar-refractivity contribution in [3.8, 4) is 0 Å². The van der Waals surface area contributed by atoms with Crippen LogP contribution in [0, 0.1) is 0 Å². The van der Waals surface area contributed by atoms with Gasteiger partial charge in [-0.15, -0.1) is 0 Å². The van der Waals surface area contributed by atoms with E-state index in [1.165, 1.54) is 4.90 Å². The van der Waals surface area contributed by atoms with Crippen molar-refractivity contribution < 1.29 is 9.59 Å². The SMILES string of the molecule is O=C1c2ccccc2C(=O)N1CCC1CN=CN1Cc1ccc(Cl)cc1. The summed E-state index contributed by atoms with van der Waals surface area (Å²) in [7, 11) is 0. The highest BCUT2D eigenvalue weighted by atomic mass is 35.5. The Labute approximate surface area is 156 Å². The molecule has 2 aliphatic heterocycles. The van der Waals surface area contributed by atoms with E-state index in [0.717, 1.165) is 12.1 Å². The molecule has 0 N–H and O–H groups in total. The minimum atomic E-state index is -0.200. The smallest absolute Gasteiger partial charge is 0.261 e. The van der Waals surface area contributed by atoms with Crippen molar-refractivity contribution >= 4 is 29.8 Å². The molecule has 0 aliphatic carbocycles. The Morgan fingerprint density at radius 3 is 2.31 bits per heavy atom. The van der Waals surface area contributed by atoms with Crippen LogP contribution in [-0.2, 0) is 6.54 Å². The molecule has 0 spiro atoms. The first-order chi connectivity index (χ1) is 12.6. The molecule has 0 fully saturated rings. The van der Waals surface area contributed by atoms with Gasteiger partial charge in [-0.3, -0.25) is 19.5 Å². The van der Waals surface area contributed by atoms with Crippen LogP contribution in [0.2, 0.25) is 5.02 Å². The average molecular weight is 368 g/mol. The van der Waals surface area contributed by atoms with Gasteiger partial charge in [0.2, 0.25) is 0 Å². The number of carbonyl (C=O) groups excluding carboxylic acids is 2. The van der Waals surface area contributed by atoms with Gasteiger partial charge in [0.05, 0.1) is 30.1 Å². The van der Waals surface area contributed by atoms with Crippen molar-refractivity contribution in [2.75, 3.05) is 13.1 Å². The summed E-state index contributed by atoms with van der Waals surface area (Å²) in [6, 6.07) is 14.9. The number of hydrogen-bond donors (Lipinski definition) is 0. The summed E-state index contributed by atoms with van der Waals surface area (Å²) in [5.41, 5.74) is 2.14. The number of nitrogens with zero attached hydrogens (tertiary/aromatic N) is 3. The fourth-order valence-corrected chi connectivity index (χ4v) is 3.55. The van der Waals surface area contributed by atoms with Gasteiger partial charge < -0.3 is 4.90 Å². The summed E-state index contributed by atoms with van der Waals surface area (Å²) in [6.07, 6.45) is 2.54. The molecule has 0 radical (unpaired) electrons. The summed E-state index contributed by atoms with van der Waals surface area (Å²) in [6.45, 7) is 1.81. The second-order valence-electron chi connectivity index (χ2n) is 6.53. The lowest BCUT2D eigenvalue weighted by atomic mass is 10.1. The summed E-state index contributed by atoms with van der Waals surface area (Å²) in [5, 5.41) is 0.714. The van der Waals surface area contributed by atoms with Crippen molar-refractivity contribution in [2.45, 2.75) is 19.0 Å². The molecule has 0 saturated heterocycles. The van der Waals surface area contributed by atoms with Crippen LogP contribution < -0.4 is 0 Å². The Balaban J connectivity index is 1.39. The highest BCUT2D eigenvalue weighted by Gasteiger charge is 2.35. The van der Waals surface area contributed by atoms with Crippen LogP contribution in [0.15, 0.2) is 53.5 Å². The molecular weight excluding hydrogens is 350 g/mol. The fraction of sp³-hybridized carbons (Fsp3) is 0.250. The lowest BCUT2D eigenvalue weighted by molar-refractivity contribution is 0.0644. The van der Waals surface area contributed by atoms with E-state index in [-0.39, 0.29) is 17.9 Å². The predicted octanol–water partition coefficient (Wildman–Crippen LogP) is 3.24. The lowest BCUT2D eigenvalue weighted by Crippen LogP contribution is -2.37. The molecule has 4 rings (SSSR count). The van der Waals surface area contributed by atoms with E-state index >= 15 is 0 Å². The minimum absolute atomic E-state index is 0.176. The Morgan fingerprint density at radius 2 is 1.65 bits per heavy atom. The van der Waals surface area contributed by atoms with Gasteiger partial charge in [-0.25, -0.2) is 0 Å². The van der Waals surface area contributed by atoms with Gasteiger partial charge in [0, 0.05) is 18.1 Å². The minimum Gasteiger partial charge on any atom is -0.354 e. The maximum absolute atomic E-state index is 12.5. The predicted molar refractivity (Wildman–Crippen MR) is 101 cm³/mol. The third-order valence-corrected chi connectivity index (χ3v) is 5.11. The third-order valence-electron chi connectivity index (χ3n) is 4.86. The molecule has 6 heteroatoms. The topological polar surface area (TPSA) is 53.0 Å². The summed E-state index contributed by atoms with van der Waals surface area (Å²) < 4.78 is 0. The van der Waals surface area contributed by atoms with Crippen molar-refractivity contribution in [1.82, 2.24) is 9.80 Å². The quantitative estimate of drug-likeness (QED) is 0.762. The van der Waals surface area contributed by atoms with Crippen LogP contribution in [0.3, 0.4) is 0 Å². The monoisotopic (exact) mass is 367 g/mol. The number of carbonyl (C=O) groups is 2. The number of imide groups is 1. The molecule has 2 aromatic carbocycles. The molecule has 5 nitrogen and oxygen atoms in total. The Kier molecular flexibility index (Phi) is 4.47. The van der Waals surface area contributed by atoms with E-state index in [1.807, 2.05) is 30.6 Å². The number of aliphatic imine (C=N–C) groups is 1. The van der Waals surface area contributed by atoms with Gasteiger partial charge in [-0.2, -0.15) is 0 Å². The van der Waals surface area contributed by atoms with E-state index in [1.54, 1.807) is 24.3 Å². The Morgan fingerprint density at radius 1 is 1.00 bits per heavy atom. The first kappa shape index (κ1) is 16.8. The van der Waals surface area contributed by atoms with E-state index < -0.39 is 0 Å². The highest BCUT2D eigenvalue weighted by molar-refractivity contribution is 6.30.